The van der Waals surface area contributed by atoms with E-state index in [1.807, 2.05) is 24.0 Å². The molecule has 0 aliphatic heterocycles. The van der Waals surface area contributed by atoms with Crippen molar-refractivity contribution in [1.82, 2.24) is 0 Å². The van der Waals surface area contributed by atoms with Crippen LogP contribution in [0.5, 0.6) is 0 Å². The highest BCUT2D eigenvalue weighted by Crippen LogP contribution is 2.29. The van der Waals surface area contributed by atoms with Gasteiger partial charge in [0.25, 0.3) is 0 Å². The topological polar surface area (TPSA) is 64.3 Å². The summed E-state index contributed by atoms with van der Waals surface area (Å²) in [6, 6.07) is 7.49. The van der Waals surface area contributed by atoms with E-state index in [-0.39, 0.29) is 0 Å². The third-order valence-corrected chi connectivity index (χ3v) is 2.97. The van der Waals surface area contributed by atoms with Crippen LogP contribution in [0.25, 0.3) is 6.08 Å². The van der Waals surface area contributed by atoms with Gasteiger partial charge in [0.15, 0.2) is 0 Å². The number of aliphatic carboxylic acids is 1. The van der Waals surface area contributed by atoms with Crippen LogP contribution in [0.1, 0.15) is 18.9 Å². The van der Waals surface area contributed by atoms with Crippen molar-refractivity contribution in [3.63, 3.8) is 0 Å². The molecule has 19 heavy (non-hydrogen) atoms. The van der Waals surface area contributed by atoms with Gasteiger partial charge in [0, 0.05) is 35.4 Å². The SMILES string of the molecule is CCN(CCC#N)c1cccc(Cl)c1/C=C/C(=O)O. The number of hydrogen-bond acceptors (Lipinski definition) is 3. The third-order valence-electron chi connectivity index (χ3n) is 2.64. The summed E-state index contributed by atoms with van der Waals surface area (Å²) in [7, 11) is 0. The molecule has 0 unspecified atom stereocenters. The minimum absolute atomic E-state index is 0.405. The predicted molar refractivity (Wildman–Crippen MR) is 76.2 cm³/mol. The minimum Gasteiger partial charge on any atom is -0.478 e. The molecule has 0 aliphatic rings. The molecule has 100 valence electrons. The van der Waals surface area contributed by atoms with Crippen LogP contribution in [0.2, 0.25) is 5.02 Å². The van der Waals surface area contributed by atoms with E-state index in [4.69, 9.17) is 22.0 Å². The molecule has 0 spiro atoms. The lowest BCUT2D eigenvalue weighted by Crippen LogP contribution is -2.24. The highest BCUT2D eigenvalue weighted by molar-refractivity contribution is 6.32. The van der Waals surface area contributed by atoms with Gasteiger partial charge in [0.1, 0.15) is 0 Å². The Labute approximate surface area is 117 Å². The van der Waals surface area contributed by atoms with E-state index in [2.05, 4.69) is 6.07 Å². The Hall–Kier alpha value is -1.99. The zero-order valence-electron chi connectivity index (χ0n) is 10.6. The largest absolute Gasteiger partial charge is 0.478 e. The first-order chi connectivity index (χ1) is 9.10. The lowest BCUT2D eigenvalue weighted by atomic mass is 10.1. The van der Waals surface area contributed by atoms with Gasteiger partial charge in [0.2, 0.25) is 0 Å². The molecule has 0 saturated carbocycles. The Kier molecular flexibility index (Phi) is 5.91. The van der Waals surface area contributed by atoms with Gasteiger partial charge in [-0.1, -0.05) is 17.7 Å². The average molecular weight is 279 g/mol. The molecule has 0 atom stereocenters. The molecule has 0 fully saturated rings. The molecule has 0 radical (unpaired) electrons. The first kappa shape index (κ1) is 15.1. The summed E-state index contributed by atoms with van der Waals surface area (Å²) >= 11 is 6.11. The quantitative estimate of drug-likeness (QED) is 0.812. The van der Waals surface area contributed by atoms with Crippen LogP contribution in [0, 0.1) is 11.3 Å². The second-order valence-corrected chi connectivity index (χ2v) is 4.24. The Morgan fingerprint density at radius 1 is 1.58 bits per heavy atom. The molecule has 0 bridgehead atoms. The number of benzene rings is 1. The second kappa shape index (κ2) is 7.45. The van der Waals surface area contributed by atoms with E-state index in [0.29, 0.717) is 23.6 Å². The highest BCUT2D eigenvalue weighted by atomic mass is 35.5. The lowest BCUT2D eigenvalue weighted by molar-refractivity contribution is -0.131. The summed E-state index contributed by atoms with van der Waals surface area (Å²) in [4.78, 5) is 12.6. The number of anilines is 1. The van der Waals surface area contributed by atoms with Crippen LogP contribution >= 0.6 is 11.6 Å². The summed E-state index contributed by atoms with van der Waals surface area (Å²) in [6.07, 6.45) is 2.94. The third kappa shape index (κ3) is 4.31. The van der Waals surface area contributed by atoms with E-state index >= 15 is 0 Å². The van der Waals surface area contributed by atoms with Gasteiger partial charge in [-0.25, -0.2) is 4.79 Å². The molecular weight excluding hydrogens is 264 g/mol. The number of nitrogens with zero attached hydrogens (tertiary/aromatic N) is 2. The Morgan fingerprint density at radius 2 is 2.32 bits per heavy atom. The molecular formula is C14H15ClN2O2. The molecule has 1 aromatic rings. The van der Waals surface area contributed by atoms with Gasteiger partial charge in [-0.15, -0.1) is 0 Å². The lowest BCUT2D eigenvalue weighted by Gasteiger charge is -2.24. The van der Waals surface area contributed by atoms with E-state index in [1.165, 1.54) is 6.08 Å². The first-order valence-corrected chi connectivity index (χ1v) is 6.29. The van der Waals surface area contributed by atoms with Gasteiger partial charge in [0.05, 0.1) is 12.5 Å². The molecule has 1 N–H and O–H groups in total. The van der Waals surface area contributed by atoms with Crippen molar-refractivity contribution in [2.24, 2.45) is 0 Å². The summed E-state index contributed by atoms with van der Waals surface area (Å²) in [5, 5.41) is 17.9. The zero-order chi connectivity index (χ0) is 14.3. The number of carbonyl (C=O) groups is 1. The molecule has 0 heterocycles. The van der Waals surface area contributed by atoms with Crippen molar-refractivity contribution < 1.29 is 9.90 Å². The van der Waals surface area contributed by atoms with Crippen molar-refractivity contribution in [3.8, 4) is 6.07 Å². The maximum absolute atomic E-state index is 10.6. The summed E-state index contributed by atoms with van der Waals surface area (Å²) in [5.74, 6) is -1.02. The van der Waals surface area contributed by atoms with E-state index in [9.17, 15) is 4.79 Å². The smallest absolute Gasteiger partial charge is 0.328 e. The minimum atomic E-state index is -1.02. The maximum atomic E-state index is 10.6. The van der Waals surface area contributed by atoms with E-state index < -0.39 is 5.97 Å². The first-order valence-electron chi connectivity index (χ1n) is 5.91. The molecule has 1 aromatic carbocycles. The summed E-state index contributed by atoms with van der Waals surface area (Å²) in [5.41, 5.74) is 1.49. The van der Waals surface area contributed by atoms with Crippen molar-refractivity contribution in [1.29, 1.82) is 5.26 Å². The predicted octanol–water partition coefficient (Wildman–Crippen LogP) is 3.18. The van der Waals surface area contributed by atoms with Gasteiger partial charge >= 0.3 is 5.97 Å². The summed E-state index contributed by atoms with van der Waals surface area (Å²) in [6.45, 7) is 3.28. The number of hydrogen-bond donors (Lipinski definition) is 1. The van der Waals surface area contributed by atoms with Crippen molar-refractivity contribution in [2.45, 2.75) is 13.3 Å². The van der Waals surface area contributed by atoms with Gasteiger partial charge < -0.3 is 10.0 Å². The number of nitriles is 1. The molecule has 0 saturated heterocycles. The van der Waals surface area contributed by atoms with Crippen LogP contribution in [0.4, 0.5) is 5.69 Å². The number of halogens is 1. The van der Waals surface area contributed by atoms with Crippen molar-refractivity contribution in [2.75, 3.05) is 18.0 Å². The number of carboxylic acids is 1. The average Bonchev–Trinajstić information content (AvgIpc) is 2.38. The van der Waals surface area contributed by atoms with Gasteiger partial charge in [-0.3, -0.25) is 0 Å². The fraction of sp³-hybridized carbons (Fsp3) is 0.286. The molecule has 0 aliphatic carbocycles. The molecule has 1 rings (SSSR count). The molecule has 5 heteroatoms. The molecule has 0 aromatic heterocycles. The molecule has 0 amide bonds. The van der Waals surface area contributed by atoms with Crippen LogP contribution in [0.3, 0.4) is 0 Å². The zero-order valence-corrected chi connectivity index (χ0v) is 11.4. The fourth-order valence-electron chi connectivity index (χ4n) is 1.75. The van der Waals surface area contributed by atoms with Crippen LogP contribution < -0.4 is 4.90 Å². The monoisotopic (exact) mass is 278 g/mol. The van der Waals surface area contributed by atoms with Gasteiger partial charge in [-0.2, -0.15) is 5.26 Å². The number of rotatable bonds is 6. The Bertz CT molecular complexity index is 521. The second-order valence-electron chi connectivity index (χ2n) is 3.83. The van der Waals surface area contributed by atoms with Crippen molar-refractivity contribution >= 4 is 29.3 Å². The molecule has 4 nitrogen and oxygen atoms in total. The highest BCUT2D eigenvalue weighted by Gasteiger charge is 2.10. The summed E-state index contributed by atoms with van der Waals surface area (Å²) < 4.78 is 0. The van der Waals surface area contributed by atoms with Gasteiger partial charge in [-0.05, 0) is 25.1 Å². The van der Waals surface area contributed by atoms with E-state index in [1.54, 1.807) is 6.07 Å². The van der Waals surface area contributed by atoms with Crippen LogP contribution in [-0.2, 0) is 4.79 Å². The fourth-order valence-corrected chi connectivity index (χ4v) is 1.99. The van der Waals surface area contributed by atoms with Crippen molar-refractivity contribution in [3.05, 3.63) is 34.9 Å². The van der Waals surface area contributed by atoms with E-state index in [0.717, 1.165) is 18.3 Å². The Balaban J connectivity index is 3.15. The maximum Gasteiger partial charge on any atom is 0.328 e. The normalized spacial score (nSPS) is 10.4. The number of carboxylic acid groups (broad SMARTS) is 1. The van der Waals surface area contributed by atoms with Crippen LogP contribution in [-0.4, -0.2) is 24.2 Å². The Morgan fingerprint density at radius 3 is 2.89 bits per heavy atom. The standard InChI is InChI=1S/C14H15ClN2O2/c1-2-17(10-4-9-16)13-6-3-5-12(15)11(13)7-8-14(18)19/h3,5-8H,2,4,10H2,1H3,(H,18,19)/b8-7+. The van der Waals surface area contributed by atoms with Crippen LogP contribution in [0.15, 0.2) is 24.3 Å².